The summed E-state index contributed by atoms with van der Waals surface area (Å²) in [6.07, 6.45) is 1.41. The maximum atomic E-state index is 11.6. The minimum Gasteiger partial charge on any atom is -0.495 e. The van der Waals surface area contributed by atoms with Gasteiger partial charge in [0.25, 0.3) is 0 Å². The summed E-state index contributed by atoms with van der Waals surface area (Å²) in [6, 6.07) is 5.91. The molecule has 1 saturated heterocycles. The molecular formula is C18H29ClIN5O2. The van der Waals surface area contributed by atoms with Gasteiger partial charge in [0, 0.05) is 58.3 Å². The normalized spacial score (nSPS) is 16.6. The van der Waals surface area contributed by atoms with E-state index in [0.717, 1.165) is 30.9 Å². The van der Waals surface area contributed by atoms with Crippen LogP contribution >= 0.6 is 35.6 Å². The number of anilines is 1. The lowest BCUT2D eigenvalue weighted by Gasteiger charge is -2.22. The van der Waals surface area contributed by atoms with Crippen molar-refractivity contribution in [1.29, 1.82) is 0 Å². The lowest BCUT2D eigenvalue weighted by molar-refractivity contribution is -0.128. The highest BCUT2D eigenvalue weighted by atomic mass is 127. The molecule has 2 rings (SSSR count). The summed E-state index contributed by atoms with van der Waals surface area (Å²) in [5.41, 5.74) is 1.00. The van der Waals surface area contributed by atoms with Gasteiger partial charge < -0.3 is 25.2 Å². The van der Waals surface area contributed by atoms with Crippen molar-refractivity contribution in [3.05, 3.63) is 23.2 Å². The van der Waals surface area contributed by atoms with Gasteiger partial charge in [-0.15, -0.1) is 24.0 Å². The number of carbonyl (C=O) groups excluding carboxylic acids is 1. The van der Waals surface area contributed by atoms with Gasteiger partial charge in [-0.05, 0) is 24.6 Å². The number of ether oxygens (including phenoxy) is 1. The van der Waals surface area contributed by atoms with Gasteiger partial charge in [-0.3, -0.25) is 9.79 Å². The van der Waals surface area contributed by atoms with Crippen LogP contribution < -0.4 is 20.3 Å². The number of aliphatic imine (C=N–C) groups is 1. The first-order chi connectivity index (χ1) is 12.4. The van der Waals surface area contributed by atoms with Gasteiger partial charge in [-0.25, -0.2) is 0 Å². The van der Waals surface area contributed by atoms with Crippen LogP contribution in [0, 0.1) is 0 Å². The highest BCUT2D eigenvalue weighted by Gasteiger charge is 2.25. The first-order valence-electron chi connectivity index (χ1n) is 8.70. The molecule has 0 bridgehead atoms. The monoisotopic (exact) mass is 509 g/mol. The third-order valence-electron chi connectivity index (χ3n) is 4.36. The van der Waals surface area contributed by atoms with E-state index in [9.17, 15) is 4.79 Å². The minimum absolute atomic E-state index is 0. The highest BCUT2D eigenvalue weighted by molar-refractivity contribution is 14.0. The van der Waals surface area contributed by atoms with E-state index < -0.39 is 0 Å². The average molecular weight is 510 g/mol. The second-order valence-corrected chi connectivity index (χ2v) is 6.87. The van der Waals surface area contributed by atoms with E-state index in [1.165, 1.54) is 0 Å². The van der Waals surface area contributed by atoms with Gasteiger partial charge in [0.2, 0.25) is 5.91 Å². The average Bonchev–Trinajstić information content (AvgIpc) is 3.08. The van der Waals surface area contributed by atoms with Crippen molar-refractivity contribution >= 4 is 53.1 Å². The number of hydrogen-bond acceptors (Lipinski definition) is 4. The molecule has 27 heavy (non-hydrogen) atoms. The fourth-order valence-electron chi connectivity index (χ4n) is 2.91. The van der Waals surface area contributed by atoms with E-state index in [4.69, 9.17) is 16.3 Å². The van der Waals surface area contributed by atoms with Gasteiger partial charge in [0.05, 0.1) is 12.8 Å². The smallest absolute Gasteiger partial charge is 0.223 e. The van der Waals surface area contributed by atoms with Crippen LogP contribution in [0.25, 0.3) is 0 Å². The first-order valence-corrected chi connectivity index (χ1v) is 9.08. The first kappa shape index (κ1) is 23.6. The number of benzene rings is 1. The summed E-state index contributed by atoms with van der Waals surface area (Å²) in [6.45, 7) is 2.29. The molecule has 0 spiro atoms. The molecule has 9 heteroatoms. The van der Waals surface area contributed by atoms with Crippen LogP contribution in [0.15, 0.2) is 23.2 Å². The number of amides is 1. The van der Waals surface area contributed by atoms with Gasteiger partial charge >= 0.3 is 0 Å². The number of nitrogens with one attached hydrogen (secondary N) is 2. The van der Waals surface area contributed by atoms with E-state index in [1.807, 2.05) is 18.2 Å². The minimum atomic E-state index is 0. The number of methoxy groups -OCH3 is 1. The summed E-state index contributed by atoms with van der Waals surface area (Å²) < 4.78 is 5.45. The molecule has 1 aliphatic rings. The topological polar surface area (TPSA) is 69.2 Å². The summed E-state index contributed by atoms with van der Waals surface area (Å²) in [5.74, 6) is 1.62. The van der Waals surface area contributed by atoms with E-state index >= 15 is 0 Å². The standard InChI is InChI=1S/C18H28ClN5O2.HI/c1-20-18(21-9-7-17(25)23(2)3)22-14-8-10-24(12-14)15-11-13(19)5-6-16(15)26-4;/h5-6,11,14H,7-10,12H2,1-4H3,(H2,20,21,22);1H. The van der Waals surface area contributed by atoms with Crippen molar-refractivity contribution in [2.24, 2.45) is 4.99 Å². The molecule has 7 nitrogen and oxygen atoms in total. The third-order valence-corrected chi connectivity index (χ3v) is 4.60. The zero-order valence-corrected chi connectivity index (χ0v) is 19.4. The maximum Gasteiger partial charge on any atom is 0.223 e. The lowest BCUT2D eigenvalue weighted by atomic mass is 10.2. The highest BCUT2D eigenvalue weighted by Crippen LogP contribution is 2.33. The predicted octanol–water partition coefficient (Wildman–Crippen LogP) is 2.19. The number of halogens is 2. The van der Waals surface area contributed by atoms with Crippen LogP contribution in [0.1, 0.15) is 12.8 Å². The van der Waals surface area contributed by atoms with E-state index in [0.29, 0.717) is 23.9 Å². The molecule has 1 aliphatic heterocycles. The second-order valence-electron chi connectivity index (χ2n) is 6.43. The molecule has 0 radical (unpaired) electrons. The van der Waals surface area contributed by atoms with Crippen molar-refractivity contribution < 1.29 is 9.53 Å². The Labute approximate surface area is 183 Å². The second kappa shape index (κ2) is 11.4. The van der Waals surface area contributed by atoms with Crippen molar-refractivity contribution in [2.45, 2.75) is 18.9 Å². The van der Waals surface area contributed by atoms with Crippen molar-refractivity contribution in [3.8, 4) is 5.75 Å². The van der Waals surface area contributed by atoms with E-state index in [2.05, 4.69) is 20.5 Å². The zero-order valence-electron chi connectivity index (χ0n) is 16.3. The lowest BCUT2D eigenvalue weighted by Crippen LogP contribution is -2.45. The third kappa shape index (κ3) is 6.91. The SMILES string of the molecule is CN=C(NCCC(=O)N(C)C)NC1CCN(c2cc(Cl)ccc2OC)C1.I. The van der Waals surface area contributed by atoms with Crippen LogP contribution in [0.5, 0.6) is 5.75 Å². The summed E-state index contributed by atoms with van der Waals surface area (Å²) >= 11 is 6.14. The summed E-state index contributed by atoms with van der Waals surface area (Å²) in [4.78, 5) is 19.7. The Morgan fingerprint density at radius 1 is 1.44 bits per heavy atom. The fraction of sp³-hybridized carbons (Fsp3) is 0.556. The van der Waals surface area contributed by atoms with Gasteiger partial charge in [-0.2, -0.15) is 0 Å². The molecular weight excluding hydrogens is 481 g/mol. The molecule has 0 aromatic heterocycles. The Morgan fingerprint density at radius 2 is 2.19 bits per heavy atom. The molecule has 1 atom stereocenters. The quantitative estimate of drug-likeness (QED) is 0.350. The molecule has 0 aliphatic carbocycles. The van der Waals surface area contributed by atoms with Crippen LogP contribution in [0.2, 0.25) is 5.02 Å². The largest absolute Gasteiger partial charge is 0.495 e. The Hall–Kier alpha value is -1.42. The zero-order chi connectivity index (χ0) is 19.1. The molecule has 1 aromatic rings. The van der Waals surface area contributed by atoms with Gasteiger partial charge in [0.1, 0.15) is 5.75 Å². The summed E-state index contributed by atoms with van der Waals surface area (Å²) in [7, 11) is 6.91. The Bertz CT molecular complexity index is 657. The molecule has 1 fully saturated rings. The van der Waals surface area contributed by atoms with E-state index in [-0.39, 0.29) is 35.9 Å². The predicted molar refractivity (Wildman–Crippen MR) is 122 cm³/mol. The molecule has 1 aromatic carbocycles. The molecule has 1 unspecified atom stereocenters. The van der Waals surface area contributed by atoms with Crippen molar-refractivity contribution in [2.75, 3.05) is 52.8 Å². The summed E-state index contributed by atoms with van der Waals surface area (Å²) in [5, 5.41) is 7.31. The van der Waals surface area contributed by atoms with Crippen LogP contribution in [0.4, 0.5) is 5.69 Å². The van der Waals surface area contributed by atoms with Crippen LogP contribution in [0.3, 0.4) is 0 Å². The van der Waals surface area contributed by atoms with Crippen LogP contribution in [-0.2, 0) is 4.79 Å². The molecule has 152 valence electrons. The van der Waals surface area contributed by atoms with Gasteiger partial charge in [-0.1, -0.05) is 11.6 Å². The Kier molecular flexibility index (Phi) is 10.00. The van der Waals surface area contributed by atoms with Crippen molar-refractivity contribution in [3.63, 3.8) is 0 Å². The maximum absolute atomic E-state index is 11.6. The Balaban J connectivity index is 0.00000364. The van der Waals surface area contributed by atoms with E-state index in [1.54, 1.807) is 33.2 Å². The number of guanidine groups is 1. The van der Waals surface area contributed by atoms with Crippen molar-refractivity contribution in [1.82, 2.24) is 15.5 Å². The molecule has 2 N–H and O–H groups in total. The number of carbonyl (C=O) groups is 1. The number of hydrogen-bond donors (Lipinski definition) is 2. The van der Waals surface area contributed by atoms with Crippen LogP contribution in [-0.4, -0.2) is 70.7 Å². The fourth-order valence-corrected chi connectivity index (χ4v) is 3.07. The molecule has 1 amide bonds. The van der Waals surface area contributed by atoms with Gasteiger partial charge in [0.15, 0.2) is 5.96 Å². The number of nitrogens with zero attached hydrogens (tertiary/aromatic N) is 3. The Morgan fingerprint density at radius 3 is 2.81 bits per heavy atom. The molecule has 0 saturated carbocycles. The number of rotatable bonds is 6. The molecule has 1 heterocycles.